The van der Waals surface area contributed by atoms with E-state index in [-0.39, 0.29) is 5.97 Å². The first-order chi connectivity index (χ1) is 14.7. The van der Waals surface area contributed by atoms with Crippen molar-refractivity contribution in [1.82, 2.24) is 15.0 Å². The van der Waals surface area contributed by atoms with Crippen LogP contribution in [0, 0.1) is 0 Å². The largest absolute Gasteiger partial charge is 0.450 e. The lowest BCUT2D eigenvalue weighted by Crippen LogP contribution is -2.31. The molecule has 5 nitrogen and oxygen atoms in total. The second kappa shape index (κ2) is 6.52. The molecule has 3 heterocycles. The van der Waals surface area contributed by atoms with Gasteiger partial charge in [0, 0.05) is 23.9 Å². The van der Waals surface area contributed by atoms with E-state index >= 15 is 0 Å². The van der Waals surface area contributed by atoms with Gasteiger partial charge in [-0.25, -0.2) is 9.78 Å². The second-order valence-electron chi connectivity index (χ2n) is 8.30. The van der Waals surface area contributed by atoms with Gasteiger partial charge < -0.3 is 9.72 Å². The van der Waals surface area contributed by atoms with Gasteiger partial charge in [0.2, 0.25) is 0 Å². The predicted molar refractivity (Wildman–Crippen MR) is 114 cm³/mol. The van der Waals surface area contributed by atoms with Gasteiger partial charge in [-0.2, -0.15) is 0 Å². The number of nitrogens with zero attached hydrogens (tertiary/aromatic N) is 2. The highest BCUT2D eigenvalue weighted by molar-refractivity contribution is 5.94. The Morgan fingerprint density at radius 1 is 1.00 bits per heavy atom. The molecule has 5 heteroatoms. The lowest BCUT2D eigenvalue weighted by molar-refractivity contribution is -0.0313. The number of carbonyl (C=O) groups excluding carboxylic acids is 1. The molecule has 2 aromatic heterocycles. The quantitative estimate of drug-likeness (QED) is 0.465. The molecule has 4 aromatic rings. The maximum Gasteiger partial charge on any atom is 0.339 e. The summed E-state index contributed by atoms with van der Waals surface area (Å²) in [5.41, 5.74) is 5.53. The van der Waals surface area contributed by atoms with Crippen LogP contribution in [0.25, 0.3) is 22.2 Å². The minimum absolute atomic E-state index is 0.219. The Hall–Kier alpha value is -3.47. The highest BCUT2D eigenvalue weighted by Gasteiger charge is 2.48. The SMILES string of the molecule is O=C1OC2(CCC(c3nc4cc(-c5ccccc5)ccc4[nH]3)CC2)c2cnccc21. The molecule has 0 radical (unpaired) electrons. The van der Waals surface area contributed by atoms with Crippen molar-refractivity contribution in [2.45, 2.75) is 37.2 Å². The molecule has 1 fully saturated rings. The summed E-state index contributed by atoms with van der Waals surface area (Å²) in [5, 5.41) is 0. The van der Waals surface area contributed by atoms with Crippen LogP contribution in [0.3, 0.4) is 0 Å². The molecule has 1 saturated carbocycles. The number of nitrogens with one attached hydrogen (secondary N) is 1. The maximum atomic E-state index is 12.3. The van der Waals surface area contributed by atoms with Crippen LogP contribution in [-0.2, 0) is 10.3 Å². The van der Waals surface area contributed by atoms with E-state index in [0.717, 1.165) is 48.1 Å². The second-order valence-corrected chi connectivity index (χ2v) is 8.30. The molecule has 148 valence electrons. The number of carbonyl (C=O) groups is 1. The first kappa shape index (κ1) is 17.4. The van der Waals surface area contributed by atoms with Gasteiger partial charge in [0.1, 0.15) is 11.4 Å². The molecule has 1 spiro atoms. The number of rotatable bonds is 2. The van der Waals surface area contributed by atoms with Gasteiger partial charge in [0.25, 0.3) is 0 Å². The van der Waals surface area contributed by atoms with Crippen molar-refractivity contribution in [3.8, 4) is 11.1 Å². The Labute approximate surface area is 174 Å². The number of imidazole rings is 1. The van der Waals surface area contributed by atoms with Crippen LogP contribution in [-0.4, -0.2) is 20.9 Å². The Balaban J connectivity index is 1.26. The number of ether oxygens (including phenoxy) is 1. The zero-order chi connectivity index (χ0) is 20.1. The molecule has 1 N–H and O–H groups in total. The first-order valence-electron chi connectivity index (χ1n) is 10.4. The molecular weight excluding hydrogens is 374 g/mol. The average Bonchev–Trinajstić information content (AvgIpc) is 3.34. The van der Waals surface area contributed by atoms with Crippen molar-refractivity contribution in [1.29, 1.82) is 0 Å². The number of benzene rings is 2. The van der Waals surface area contributed by atoms with E-state index in [1.165, 1.54) is 11.1 Å². The fraction of sp³-hybridized carbons (Fsp3) is 0.240. The number of fused-ring (bicyclic) bond motifs is 3. The summed E-state index contributed by atoms with van der Waals surface area (Å²) in [7, 11) is 0. The van der Waals surface area contributed by atoms with E-state index in [4.69, 9.17) is 9.72 Å². The molecule has 0 unspecified atom stereocenters. The van der Waals surface area contributed by atoms with E-state index in [9.17, 15) is 4.79 Å². The lowest BCUT2D eigenvalue weighted by atomic mass is 9.75. The van der Waals surface area contributed by atoms with Crippen molar-refractivity contribution < 1.29 is 9.53 Å². The minimum Gasteiger partial charge on any atom is -0.450 e. The van der Waals surface area contributed by atoms with E-state index in [1.807, 2.05) is 6.07 Å². The number of aromatic nitrogens is 3. The summed E-state index contributed by atoms with van der Waals surface area (Å²) in [6, 6.07) is 18.5. The third-order valence-electron chi connectivity index (χ3n) is 6.61. The van der Waals surface area contributed by atoms with Crippen LogP contribution in [0.2, 0.25) is 0 Å². The molecule has 2 aliphatic rings. The van der Waals surface area contributed by atoms with E-state index in [0.29, 0.717) is 11.5 Å². The van der Waals surface area contributed by atoms with Crippen molar-refractivity contribution >= 4 is 17.0 Å². The molecule has 1 aliphatic heterocycles. The Morgan fingerprint density at radius 2 is 1.83 bits per heavy atom. The monoisotopic (exact) mass is 395 g/mol. The van der Waals surface area contributed by atoms with Gasteiger partial charge in [-0.05, 0) is 55.0 Å². The average molecular weight is 395 g/mol. The molecule has 0 saturated heterocycles. The fourth-order valence-electron chi connectivity index (χ4n) is 4.98. The van der Waals surface area contributed by atoms with Gasteiger partial charge >= 0.3 is 5.97 Å². The summed E-state index contributed by atoms with van der Waals surface area (Å²) < 4.78 is 5.86. The third kappa shape index (κ3) is 2.65. The summed E-state index contributed by atoms with van der Waals surface area (Å²) in [6.45, 7) is 0. The molecule has 0 bridgehead atoms. The van der Waals surface area contributed by atoms with Gasteiger partial charge in [-0.3, -0.25) is 4.98 Å². The third-order valence-corrected chi connectivity index (χ3v) is 6.61. The standard InChI is InChI=1S/C25H21N3O2/c29-24-19-10-13-26-15-20(19)25(30-24)11-8-17(9-12-25)23-27-21-7-6-18(14-22(21)28-23)16-4-2-1-3-5-16/h1-7,10,13-15,17H,8-9,11-12H2,(H,27,28). The molecule has 30 heavy (non-hydrogen) atoms. The Bertz CT molecular complexity index is 1250. The van der Waals surface area contributed by atoms with Crippen LogP contribution in [0.5, 0.6) is 0 Å². The van der Waals surface area contributed by atoms with Crippen LogP contribution < -0.4 is 0 Å². The number of hydrogen-bond acceptors (Lipinski definition) is 4. The number of aromatic amines is 1. The first-order valence-corrected chi connectivity index (χ1v) is 10.4. The highest BCUT2D eigenvalue weighted by atomic mass is 16.6. The van der Waals surface area contributed by atoms with Crippen LogP contribution in [0.15, 0.2) is 67.0 Å². The Morgan fingerprint density at radius 3 is 2.67 bits per heavy atom. The fourth-order valence-corrected chi connectivity index (χ4v) is 4.98. The lowest BCUT2D eigenvalue weighted by Gasteiger charge is -2.35. The van der Waals surface area contributed by atoms with Crippen molar-refractivity contribution in [2.75, 3.05) is 0 Å². The molecular formula is C25H21N3O2. The van der Waals surface area contributed by atoms with Gasteiger partial charge in [0.05, 0.1) is 16.6 Å². The predicted octanol–water partition coefficient (Wildman–Crippen LogP) is 5.35. The number of H-pyrrole nitrogens is 1. The zero-order valence-electron chi connectivity index (χ0n) is 16.5. The number of hydrogen-bond donors (Lipinski definition) is 1. The Kier molecular flexibility index (Phi) is 3.78. The van der Waals surface area contributed by atoms with Crippen molar-refractivity contribution in [2.24, 2.45) is 0 Å². The molecule has 6 rings (SSSR count). The van der Waals surface area contributed by atoms with Gasteiger partial charge in [-0.1, -0.05) is 36.4 Å². The number of esters is 1. The summed E-state index contributed by atoms with van der Waals surface area (Å²) in [5.74, 6) is 1.14. The van der Waals surface area contributed by atoms with E-state index in [2.05, 4.69) is 52.4 Å². The van der Waals surface area contributed by atoms with Gasteiger partial charge in [0.15, 0.2) is 0 Å². The topological polar surface area (TPSA) is 67.9 Å². The zero-order valence-corrected chi connectivity index (χ0v) is 16.5. The highest BCUT2D eigenvalue weighted by Crippen LogP contribution is 2.49. The van der Waals surface area contributed by atoms with Crippen molar-refractivity contribution in [3.63, 3.8) is 0 Å². The normalized spacial score (nSPS) is 22.9. The molecule has 0 amide bonds. The van der Waals surface area contributed by atoms with Crippen LogP contribution >= 0.6 is 0 Å². The van der Waals surface area contributed by atoms with E-state index < -0.39 is 5.60 Å². The molecule has 1 aliphatic carbocycles. The van der Waals surface area contributed by atoms with Crippen LogP contribution in [0.1, 0.15) is 53.3 Å². The smallest absolute Gasteiger partial charge is 0.339 e. The summed E-state index contributed by atoms with van der Waals surface area (Å²) >= 11 is 0. The summed E-state index contributed by atoms with van der Waals surface area (Å²) in [6.07, 6.45) is 6.90. The maximum absolute atomic E-state index is 12.3. The van der Waals surface area contributed by atoms with Gasteiger partial charge in [-0.15, -0.1) is 0 Å². The van der Waals surface area contributed by atoms with E-state index in [1.54, 1.807) is 18.5 Å². The summed E-state index contributed by atoms with van der Waals surface area (Å²) in [4.78, 5) is 25.0. The number of pyridine rings is 1. The minimum atomic E-state index is -0.510. The molecule has 2 aromatic carbocycles. The molecule has 0 atom stereocenters. The van der Waals surface area contributed by atoms with Crippen LogP contribution in [0.4, 0.5) is 0 Å². The van der Waals surface area contributed by atoms with Crippen molar-refractivity contribution in [3.05, 3.63) is 83.9 Å².